The molecule has 0 radical (unpaired) electrons. The molecule has 1 aliphatic carbocycles. The molecular weight excluding hydrogens is 300 g/mol. The van der Waals surface area contributed by atoms with Crippen molar-refractivity contribution in [1.82, 2.24) is 0 Å². The summed E-state index contributed by atoms with van der Waals surface area (Å²) < 4.78 is 0. The molecule has 0 amide bonds. The number of hydrogen-bond donors (Lipinski definition) is 0. The number of benzene rings is 2. The lowest BCUT2D eigenvalue weighted by Gasteiger charge is -2.41. The van der Waals surface area contributed by atoms with Gasteiger partial charge in [0.15, 0.2) is 0 Å². The summed E-state index contributed by atoms with van der Waals surface area (Å²) in [7, 11) is 0. The first-order chi connectivity index (χ1) is 12.3. The van der Waals surface area contributed by atoms with Crippen LogP contribution in [0, 0.1) is 5.92 Å². The Hall–Kier alpha value is -2.08. The van der Waals surface area contributed by atoms with Gasteiger partial charge in [-0.15, -0.1) is 0 Å². The zero-order chi connectivity index (χ0) is 17.5. The van der Waals surface area contributed by atoms with Gasteiger partial charge in [-0.3, -0.25) is 0 Å². The predicted octanol–water partition coefficient (Wildman–Crippen LogP) is 7.08. The summed E-state index contributed by atoms with van der Waals surface area (Å²) in [5.74, 6) is 0.462. The second-order valence-corrected chi connectivity index (χ2v) is 7.16. The molecule has 1 atom stereocenters. The van der Waals surface area contributed by atoms with Gasteiger partial charge in [0.25, 0.3) is 0 Å². The third kappa shape index (κ3) is 3.49. The maximum absolute atomic E-state index is 2.45. The summed E-state index contributed by atoms with van der Waals surface area (Å²) in [6.45, 7) is 4.59. The van der Waals surface area contributed by atoms with Crippen LogP contribution in [0.15, 0.2) is 84.5 Å². The highest BCUT2D eigenvalue weighted by Crippen LogP contribution is 2.49. The molecule has 0 nitrogen and oxygen atoms in total. The molecule has 0 heteroatoms. The lowest BCUT2D eigenvalue weighted by molar-refractivity contribution is 0.375. The second-order valence-electron chi connectivity index (χ2n) is 7.16. The fourth-order valence-corrected chi connectivity index (χ4v) is 4.42. The van der Waals surface area contributed by atoms with Crippen LogP contribution < -0.4 is 0 Å². The Morgan fingerprint density at radius 3 is 1.92 bits per heavy atom. The van der Waals surface area contributed by atoms with Crippen LogP contribution in [0.2, 0.25) is 0 Å². The van der Waals surface area contributed by atoms with Crippen molar-refractivity contribution < 1.29 is 0 Å². The van der Waals surface area contributed by atoms with Crippen LogP contribution in [0.4, 0.5) is 0 Å². The molecular formula is C25H30. The zero-order valence-corrected chi connectivity index (χ0v) is 15.6. The molecule has 0 saturated heterocycles. The van der Waals surface area contributed by atoms with E-state index in [0.29, 0.717) is 5.92 Å². The highest BCUT2D eigenvalue weighted by molar-refractivity contribution is 5.47. The highest BCUT2D eigenvalue weighted by atomic mass is 14.4. The average molecular weight is 331 g/mol. The quantitative estimate of drug-likeness (QED) is 0.485. The first-order valence-corrected chi connectivity index (χ1v) is 9.81. The van der Waals surface area contributed by atoms with Crippen LogP contribution in [-0.4, -0.2) is 0 Å². The molecule has 0 bridgehead atoms. The van der Waals surface area contributed by atoms with E-state index in [2.05, 4.69) is 92.7 Å². The van der Waals surface area contributed by atoms with E-state index in [0.717, 1.165) is 0 Å². The van der Waals surface area contributed by atoms with Gasteiger partial charge >= 0.3 is 0 Å². The average Bonchev–Trinajstić information content (AvgIpc) is 3.13. The number of hydrogen-bond acceptors (Lipinski definition) is 0. The molecule has 3 rings (SSSR count). The van der Waals surface area contributed by atoms with Gasteiger partial charge in [-0.1, -0.05) is 118 Å². The second kappa shape index (κ2) is 8.34. The minimum atomic E-state index is 0.0343. The zero-order valence-electron chi connectivity index (χ0n) is 15.6. The van der Waals surface area contributed by atoms with E-state index in [1.807, 2.05) is 0 Å². The van der Waals surface area contributed by atoms with Crippen molar-refractivity contribution in [2.75, 3.05) is 0 Å². The summed E-state index contributed by atoms with van der Waals surface area (Å²) in [6, 6.07) is 22.4. The summed E-state index contributed by atoms with van der Waals surface area (Å²) in [5, 5.41) is 0. The summed E-state index contributed by atoms with van der Waals surface area (Å²) in [6.07, 6.45) is 13.1. The fourth-order valence-electron chi connectivity index (χ4n) is 4.42. The largest absolute Gasteiger partial charge is 0.0761 e. The maximum atomic E-state index is 2.45. The van der Waals surface area contributed by atoms with Gasteiger partial charge < -0.3 is 0 Å². The van der Waals surface area contributed by atoms with Gasteiger partial charge in [0.2, 0.25) is 0 Å². The van der Waals surface area contributed by atoms with Crippen molar-refractivity contribution in [2.24, 2.45) is 5.92 Å². The molecule has 0 aromatic heterocycles. The lowest BCUT2D eigenvalue weighted by Crippen LogP contribution is -2.36. The highest BCUT2D eigenvalue weighted by Gasteiger charge is 2.42. The van der Waals surface area contributed by atoms with E-state index >= 15 is 0 Å². The van der Waals surface area contributed by atoms with Gasteiger partial charge in [-0.25, -0.2) is 0 Å². The smallest absolute Gasteiger partial charge is 0.0302 e. The Morgan fingerprint density at radius 1 is 0.800 bits per heavy atom. The van der Waals surface area contributed by atoms with Crippen LogP contribution in [0.1, 0.15) is 57.1 Å². The van der Waals surface area contributed by atoms with Crippen LogP contribution in [0.25, 0.3) is 0 Å². The van der Waals surface area contributed by atoms with E-state index < -0.39 is 0 Å². The van der Waals surface area contributed by atoms with E-state index in [-0.39, 0.29) is 5.41 Å². The Labute approximate surface area is 153 Å². The first-order valence-electron chi connectivity index (χ1n) is 9.81. The van der Waals surface area contributed by atoms with Crippen LogP contribution >= 0.6 is 0 Å². The van der Waals surface area contributed by atoms with Crippen molar-refractivity contribution in [3.8, 4) is 0 Å². The van der Waals surface area contributed by atoms with Crippen molar-refractivity contribution in [2.45, 2.75) is 51.4 Å². The Kier molecular flexibility index (Phi) is 5.91. The first kappa shape index (κ1) is 17.7. The van der Waals surface area contributed by atoms with E-state index in [1.54, 1.807) is 5.57 Å². The number of allylic oxidation sites excluding steroid dienone is 4. The molecule has 2 aromatic rings. The van der Waals surface area contributed by atoms with Gasteiger partial charge in [0, 0.05) is 11.3 Å². The Morgan fingerprint density at radius 2 is 1.40 bits per heavy atom. The van der Waals surface area contributed by atoms with Crippen LogP contribution in [0.3, 0.4) is 0 Å². The van der Waals surface area contributed by atoms with Gasteiger partial charge in [0.05, 0.1) is 0 Å². The van der Waals surface area contributed by atoms with Crippen LogP contribution in [0.5, 0.6) is 0 Å². The van der Waals surface area contributed by atoms with E-state index in [1.165, 1.54) is 43.2 Å². The summed E-state index contributed by atoms with van der Waals surface area (Å²) in [5.41, 5.74) is 4.53. The third-order valence-electron chi connectivity index (χ3n) is 5.59. The molecule has 130 valence electrons. The van der Waals surface area contributed by atoms with Crippen molar-refractivity contribution in [3.63, 3.8) is 0 Å². The SMILES string of the molecule is CCCCC(c1ccccc1)(c1ccccc1)C1C=CC=C1CCC. The lowest BCUT2D eigenvalue weighted by atomic mass is 9.61. The molecule has 0 fully saturated rings. The topological polar surface area (TPSA) is 0 Å². The summed E-state index contributed by atoms with van der Waals surface area (Å²) >= 11 is 0. The van der Waals surface area contributed by atoms with Crippen molar-refractivity contribution >= 4 is 0 Å². The molecule has 1 unspecified atom stereocenters. The molecule has 1 aliphatic rings. The summed E-state index contributed by atoms with van der Waals surface area (Å²) in [4.78, 5) is 0. The van der Waals surface area contributed by atoms with E-state index in [4.69, 9.17) is 0 Å². The van der Waals surface area contributed by atoms with Crippen LogP contribution in [-0.2, 0) is 5.41 Å². The minimum Gasteiger partial charge on any atom is -0.0761 e. The van der Waals surface area contributed by atoms with Gasteiger partial charge in [-0.05, 0) is 24.0 Å². The van der Waals surface area contributed by atoms with Crippen molar-refractivity contribution in [3.05, 3.63) is 95.6 Å². The molecule has 25 heavy (non-hydrogen) atoms. The van der Waals surface area contributed by atoms with Gasteiger partial charge in [-0.2, -0.15) is 0 Å². The molecule has 0 aliphatic heterocycles. The molecule has 2 aromatic carbocycles. The normalized spacial score (nSPS) is 16.9. The predicted molar refractivity (Wildman–Crippen MR) is 109 cm³/mol. The minimum absolute atomic E-state index is 0.0343. The molecule has 0 heterocycles. The third-order valence-corrected chi connectivity index (χ3v) is 5.59. The maximum Gasteiger partial charge on any atom is 0.0302 e. The standard InChI is InChI=1S/C25H30/c1-3-5-20-25(22-15-8-6-9-16-22,23-17-10-7-11-18-23)24-19-12-14-21(24)13-4-2/h6-12,14-19,24H,3-5,13,20H2,1-2H3. The molecule has 0 spiro atoms. The Bertz CT molecular complexity index is 667. The number of rotatable bonds is 8. The fraction of sp³-hybridized carbons (Fsp3) is 0.360. The van der Waals surface area contributed by atoms with Crippen molar-refractivity contribution in [1.29, 1.82) is 0 Å². The molecule has 0 N–H and O–H groups in total. The van der Waals surface area contributed by atoms with Gasteiger partial charge in [0.1, 0.15) is 0 Å². The van der Waals surface area contributed by atoms with E-state index in [9.17, 15) is 0 Å². The Balaban J connectivity index is 2.18. The molecule has 0 saturated carbocycles. The number of unbranched alkanes of at least 4 members (excludes halogenated alkanes) is 1. The monoisotopic (exact) mass is 330 g/mol.